The van der Waals surface area contributed by atoms with Gasteiger partial charge in [0.2, 0.25) is 0 Å². The summed E-state index contributed by atoms with van der Waals surface area (Å²) >= 11 is 0. The largest absolute Gasteiger partial charge is 0.285 e. The van der Waals surface area contributed by atoms with E-state index in [0.29, 0.717) is 0 Å². The number of alkyl halides is 1. The highest BCUT2D eigenvalue weighted by molar-refractivity contribution is 7.85. The molecule has 0 saturated carbocycles. The predicted molar refractivity (Wildman–Crippen MR) is 22.4 cm³/mol. The molecule has 0 rings (SSSR count). The van der Waals surface area contributed by atoms with Gasteiger partial charge in [0, 0.05) is 0 Å². The summed E-state index contributed by atoms with van der Waals surface area (Å²) in [6.07, 6.45) is 0. The van der Waals surface area contributed by atoms with Crippen molar-refractivity contribution in [3.8, 4) is 0 Å². The van der Waals surface area contributed by atoms with Crippen LogP contribution in [-0.4, -0.2) is 25.4 Å². The van der Waals surface area contributed by atoms with Gasteiger partial charge in [0.25, 0.3) is 10.1 Å². The smallest absolute Gasteiger partial charge is 0.267 e. The van der Waals surface area contributed by atoms with Gasteiger partial charge in [0.05, 0.1) is 0 Å². The summed E-state index contributed by atoms with van der Waals surface area (Å²) in [6, 6.07) is 0. The molecule has 0 aromatic rings. The SMILES string of the molecule is O=S(=O)(O)CCF. The van der Waals surface area contributed by atoms with E-state index in [1.807, 2.05) is 0 Å². The van der Waals surface area contributed by atoms with Gasteiger partial charge in [-0.1, -0.05) is 0 Å². The number of hydrogen-bond acceptors (Lipinski definition) is 2. The monoisotopic (exact) mass is 128 g/mol. The molecule has 0 heterocycles. The van der Waals surface area contributed by atoms with E-state index >= 15 is 0 Å². The van der Waals surface area contributed by atoms with E-state index in [0.717, 1.165) is 0 Å². The van der Waals surface area contributed by atoms with Gasteiger partial charge < -0.3 is 0 Å². The number of halogens is 1. The molecule has 0 radical (unpaired) electrons. The van der Waals surface area contributed by atoms with Crippen molar-refractivity contribution >= 4 is 10.1 Å². The van der Waals surface area contributed by atoms with Crippen molar-refractivity contribution in [3.63, 3.8) is 0 Å². The number of hydrogen-bond donors (Lipinski definition) is 1. The van der Waals surface area contributed by atoms with Gasteiger partial charge in [-0.2, -0.15) is 8.42 Å². The van der Waals surface area contributed by atoms with Gasteiger partial charge >= 0.3 is 0 Å². The summed E-state index contributed by atoms with van der Waals surface area (Å²) < 4.78 is 37.8. The van der Waals surface area contributed by atoms with Gasteiger partial charge in [-0.3, -0.25) is 4.55 Å². The van der Waals surface area contributed by atoms with Crippen LogP contribution in [0.1, 0.15) is 0 Å². The molecule has 5 heteroatoms. The van der Waals surface area contributed by atoms with Gasteiger partial charge in [-0.15, -0.1) is 0 Å². The van der Waals surface area contributed by atoms with E-state index in [1.54, 1.807) is 0 Å². The van der Waals surface area contributed by atoms with Crippen LogP contribution in [0.25, 0.3) is 0 Å². The van der Waals surface area contributed by atoms with Crippen LogP contribution in [0.2, 0.25) is 0 Å². The molecule has 7 heavy (non-hydrogen) atoms. The highest BCUT2D eigenvalue weighted by Crippen LogP contribution is 1.79. The third kappa shape index (κ3) is 5.84. The van der Waals surface area contributed by atoms with Gasteiger partial charge in [-0.25, -0.2) is 4.39 Å². The zero-order valence-electron chi connectivity index (χ0n) is 3.46. The van der Waals surface area contributed by atoms with Gasteiger partial charge in [0.1, 0.15) is 12.4 Å². The molecule has 0 amide bonds. The first-order valence-electron chi connectivity index (χ1n) is 1.57. The topological polar surface area (TPSA) is 54.4 Å². The van der Waals surface area contributed by atoms with E-state index in [4.69, 9.17) is 4.55 Å². The van der Waals surface area contributed by atoms with E-state index in [1.165, 1.54) is 0 Å². The lowest BCUT2D eigenvalue weighted by atomic mass is 10.9. The minimum Gasteiger partial charge on any atom is -0.285 e. The molecule has 3 nitrogen and oxygen atoms in total. The molecule has 44 valence electrons. The average Bonchev–Trinajstić information content (AvgIpc) is 1.30. The fourth-order valence-electron chi connectivity index (χ4n) is 0.0975. The minimum atomic E-state index is -4.05. The van der Waals surface area contributed by atoms with Crippen molar-refractivity contribution in [2.45, 2.75) is 0 Å². The van der Waals surface area contributed by atoms with E-state index < -0.39 is 22.5 Å². The summed E-state index contributed by atoms with van der Waals surface area (Å²) in [6.45, 7) is -1.03. The maximum atomic E-state index is 10.9. The van der Waals surface area contributed by atoms with Crippen LogP contribution < -0.4 is 0 Å². The molecule has 0 aliphatic rings. The zero-order valence-corrected chi connectivity index (χ0v) is 4.28. The van der Waals surface area contributed by atoms with Gasteiger partial charge in [0.15, 0.2) is 0 Å². The molecule has 0 atom stereocenters. The van der Waals surface area contributed by atoms with Crippen LogP contribution in [-0.2, 0) is 10.1 Å². The summed E-state index contributed by atoms with van der Waals surface area (Å²) in [5.41, 5.74) is 0. The highest BCUT2D eigenvalue weighted by atomic mass is 32.2. The van der Waals surface area contributed by atoms with Crippen LogP contribution in [0.15, 0.2) is 0 Å². The normalized spacial score (nSPS) is 11.7. The van der Waals surface area contributed by atoms with Crippen LogP contribution in [0.4, 0.5) is 4.39 Å². The third-order valence-electron chi connectivity index (χ3n) is 0.335. The molecule has 0 spiro atoms. The summed E-state index contributed by atoms with van der Waals surface area (Å²) in [7, 11) is -4.05. The minimum absolute atomic E-state index is 0.799. The second-order valence-corrected chi connectivity index (χ2v) is 2.55. The maximum absolute atomic E-state index is 10.9. The first kappa shape index (κ1) is 6.84. The Morgan fingerprint density at radius 2 is 2.00 bits per heavy atom. The lowest BCUT2D eigenvalue weighted by Gasteiger charge is -1.84. The van der Waals surface area contributed by atoms with E-state index in [-0.39, 0.29) is 0 Å². The summed E-state index contributed by atoms with van der Waals surface area (Å²) in [5, 5.41) is 0. The third-order valence-corrected chi connectivity index (χ3v) is 1.01. The highest BCUT2D eigenvalue weighted by Gasteiger charge is 2.00. The Bertz CT molecular complexity index is 126. The second kappa shape index (κ2) is 2.23. The number of rotatable bonds is 2. The lowest BCUT2D eigenvalue weighted by molar-refractivity contribution is 0.461. The average molecular weight is 128 g/mol. The zero-order chi connectivity index (χ0) is 5.91. The Labute approximate surface area is 40.9 Å². The Kier molecular flexibility index (Phi) is 2.17. The summed E-state index contributed by atoms with van der Waals surface area (Å²) in [4.78, 5) is 0. The molecule has 0 aromatic carbocycles. The molecule has 0 fully saturated rings. The fourth-order valence-corrected chi connectivity index (χ4v) is 0.292. The molecule has 0 saturated heterocycles. The predicted octanol–water partition coefficient (Wildman–Crippen LogP) is -0.156. The molecular weight excluding hydrogens is 123 g/mol. The van der Waals surface area contributed by atoms with Crippen LogP contribution in [0.3, 0.4) is 0 Å². The van der Waals surface area contributed by atoms with Gasteiger partial charge in [-0.05, 0) is 0 Å². The maximum Gasteiger partial charge on any atom is 0.267 e. The first-order valence-corrected chi connectivity index (χ1v) is 3.18. The second-order valence-electron chi connectivity index (χ2n) is 0.975. The first-order chi connectivity index (χ1) is 3.06. The molecule has 1 N–H and O–H groups in total. The molecule has 0 aromatic heterocycles. The molecular formula is C2H5FO3S. The standard InChI is InChI=1S/C2H5FO3S/c3-1-2-7(4,5)6/h1-2H2,(H,4,5,6). The fraction of sp³-hybridized carbons (Fsp3) is 1.00. The Morgan fingerprint density at radius 3 is 2.00 bits per heavy atom. The van der Waals surface area contributed by atoms with Crippen molar-refractivity contribution in [2.75, 3.05) is 12.4 Å². The van der Waals surface area contributed by atoms with Crippen molar-refractivity contribution in [1.29, 1.82) is 0 Å². The quantitative estimate of drug-likeness (QED) is 0.526. The lowest BCUT2D eigenvalue weighted by Crippen LogP contribution is -2.04. The van der Waals surface area contributed by atoms with E-state index in [9.17, 15) is 12.8 Å². The molecule has 0 bridgehead atoms. The Morgan fingerprint density at radius 1 is 1.57 bits per heavy atom. The van der Waals surface area contributed by atoms with Crippen molar-refractivity contribution in [1.82, 2.24) is 0 Å². The molecule has 0 aliphatic carbocycles. The van der Waals surface area contributed by atoms with Crippen LogP contribution >= 0.6 is 0 Å². The van der Waals surface area contributed by atoms with Crippen molar-refractivity contribution in [3.05, 3.63) is 0 Å². The Balaban J connectivity index is 3.60. The van der Waals surface area contributed by atoms with Crippen LogP contribution in [0.5, 0.6) is 0 Å². The van der Waals surface area contributed by atoms with E-state index in [2.05, 4.69) is 0 Å². The van der Waals surface area contributed by atoms with Crippen molar-refractivity contribution < 1.29 is 17.4 Å². The molecule has 0 aliphatic heterocycles. The summed E-state index contributed by atoms with van der Waals surface area (Å²) in [5.74, 6) is -0.799. The van der Waals surface area contributed by atoms with Crippen molar-refractivity contribution in [2.24, 2.45) is 0 Å². The molecule has 0 unspecified atom stereocenters. The van der Waals surface area contributed by atoms with Crippen LogP contribution in [0, 0.1) is 0 Å². The Hall–Kier alpha value is -0.160.